The Labute approximate surface area is 167 Å². The zero-order chi connectivity index (χ0) is 21.1. The van der Waals surface area contributed by atoms with Gasteiger partial charge in [-0.1, -0.05) is 23.4 Å². The molecule has 3 aromatic rings. The molecule has 0 aliphatic heterocycles. The molecular formula is C21H22FN5O2. The van der Waals surface area contributed by atoms with Crippen LogP contribution in [0.2, 0.25) is 0 Å². The smallest absolute Gasteiger partial charge is 0.278 e. The van der Waals surface area contributed by atoms with Crippen LogP contribution in [-0.2, 0) is 11.3 Å². The fraction of sp³-hybridized carbons (Fsp3) is 0.238. The molecule has 3 rings (SSSR count). The molecule has 0 saturated heterocycles. The molecule has 0 aliphatic rings. The lowest BCUT2D eigenvalue weighted by atomic mass is 10.1. The Hall–Kier alpha value is -3.55. The number of rotatable bonds is 5. The van der Waals surface area contributed by atoms with Crippen LogP contribution < -0.4 is 10.6 Å². The van der Waals surface area contributed by atoms with E-state index in [1.807, 2.05) is 32.0 Å². The molecule has 0 spiro atoms. The van der Waals surface area contributed by atoms with Crippen LogP contribution >= 0.6 is 0 Å². The molecule has 7 nitrogen and oxygen atoms in total. The number of aryl methyl sites for hydroxylation is 3. The van der Waals surface area contributed by atoms with E-state index < -0.39 is 11.7 Å². The van der Waals surface area contributed by atoms with Crippen molar-refractivity contribution in [3.63, 3.8) is 0 Å². The second-order valence-corrected chi connectivity index (χ2v) is 6.96. The first-order valence-corrected chi connectivity index (χ1v) is 9.09. The van der Waals surface area contributed by atoms with Crippen molar-refractivity contribution in [3.05, 3.63) is 70.3 Å². The van der Waals surface area contributed by atoms with Crippen LogP contribution in [0.3, 0.4) is 0 Å². The third-order valence-corrected chi connectivity index (χ3v) is 4.61. The van der Waals surface area contributed by atoms with Crippen LogP contribution in [-0.4, -0.2) is 26.8 Å². The average Bonchev–Trinajstić information content (AvgIpc) is 3.01. The SMILES string of the molecule is Cc1ccc(C)c(NC(=O)Cn2nnc(C(=O)Nc3cc(F)ccc3C)c2C)c1. The van der Waals surface area contributed by atoms with Gasteiger partial charge in [0.05, 0.1) is 5.69 Å². The number of anilines is 2. The number of carbonyl (C=O) groups excluding carboxylic acids is 2. The van der Waals surface area contributed by atoms with E-state index in [1.165, 1.54) is 16.8 Å². The summed E-state index contributed by atoms with van der Waals surface area (Å²) in [5.74, 6) is -1.24. The molecule has 8 heteroatoms. The van der Waals surface area contributed by atoms with Crippen LogP contribution in [0, 0.1) is 33.5 Å². The first-order valence-electron chi connectivity index (χ1n) is 9.09. The fourth-order valence-corrected chi connectivity index (χ4v) is 2.83. The lowest BCUT2D eigenvalue weighted by Crippen LogP contribution is -2.21. The summed E-state index contributed by atoms with van der Waals surface area (Å²) >= 11 is 0. The standard InChI is InChI=1S/C21H22FN5O2/c1-12-5-6-13(2)17(9-12)23-19(28)11-27-15(4)20(25-26-27)21(29)24-18-10-16(22)8-7-14(18)3/h5-10H,11H2,1-4H3,(H,23,28)(H,24,29). The summed E-state index contributed by atoms with van der Waals surface area (Å²) in [4.78, 5) is 24.9. The maximum Gasteiger partial charge on any atom is 0.278 e. The molecule has 0 unspecified atom stereocenters. The molecule has 2 aromatic carbocycles. The summed E-state index contributed by atoms with van der Waals surface area (Å²) in [5, 5.41) is 13.3. The molecule has 1 heterocycles. The van der Waals surface area contributed by atoms with Crippen LogP contribution in [0.1, 0.15) is 32.9 Å². The third kappa shape index (κ3) is 4.66. The Kier molecular flexibility index (Phi) is 5.72. The van der Waals surface area contributed by atoms with Crippen molar-refractivity contribution >= 4 is 23.2 Å². The van der Waals surface area contributed by atoms with Crippen molar-refractivity contribution < 1.29 is 14.0 Å². The molecule has 0 fully saturated rings. The van der Waals surface area contributed by atoms with Crippen LogP contribution in [0.25, 0.3) is 0 Å². The largest absolute Gasteiger partial charge is 0.324 e. The fourth-order valence-electron chi connectivity index (χ4n) is 2.83. The number of amides is 2. The van der Waals surface area contributed by atoms with E-state index in [1.54, 1.807) is 19.9 Å². The number of nitrogens with zero attached hydrogens (tertiary/aromatic N) is 3. The molecule has 2 N–H and O–H groups in total. The maximum atomic E-state index is 13.4. The lowest BCUT2D eigenvalue weighted by molar-refractivity contribution is -0.117. The average molecular weight is 395 g/mol. The third-order valence-electron chi connectivity index (χ3n) is 4.61. The van der Waals surface area contributed by atoms with Crippen molar-refractivity contribution in [1.29, 1.82) is 0 Å². The van der Waals surface area contributed by atoms with E-state index >= 15 is 0 Å². The highest BCUT2D eigenvalue weighted by Gasteiger charge is 2.19. The highest BCUT2D eigenvalue weighted by Crippen LogP contribution is 2.18. The van der Waals surface area contributed by atoms with E-state index in [-0.39, 0.29) is 18.1 Å². The second-order valence-electron chi connectivity index (χ2n) is 6.96. The minimum atomic E-state index is -0.516. The molecule has 150 valence electrons. The number of benzene rings is 2. The Bertz CT molecular complexity index is 1090. The Morgan fingerprint density at radius 2 is 1.62 bits per heavy atom. The van der Waals surface area contributed by atoms with Gasteiger partial charge < -0.3 is 10.6 Å². The van der Waals surface area contributed by atoms with Gasteiger partial charge in [0, 0.05) is 11.4 Å². The van der Waals surface area contributed by atoms with Crippen molar-refractivity contribution in [2.45, 2.75) is 34.2 Å². The Morgan fingerprint density at radius 1 is 0.966 bits per heavy atom. The van der Waals surface area contributed by atoms with Crippen molar-refractivity contribution in [2.24, 2.45) is 0 Å². The van der Waals surface area contributed by atoms with Crippen molar-refractivity contribution in [1.82, 2.24) is 15.0 Å². The number of nitrogens with one attached hydrogen (secondary N) is 2. The predicted molar refractivity (Wildman–Crippen MR) is 108 cm³/mol. The van der Waals surface area contributed by atoms with Gasteiger partial charge in [-0.15, -0.1) is 5.10 Å². The number of hydrogen-bond acceptors (Lipinski definition) is 4. The molecule has 0 aliphatic carbocycles. The van der Waals surface area contributed by atoms with Gasteiger partial charge in [0.25, 0.3) is 5.91 Å². The van der Waals surface area contributed by atoms with E-state index in [2.05, 4.69) is 20.9 Å². The van der Waals surface area contributed by atoms with Crippen LogP contribution in [0.4, 0.5) is 15.8 Å². The quantitative estimate of drug-likeness (QED) is 0.692. The predicted octanol–water partition coefficient (Wildman–Crippen LogP) is 3.54. The van der Waals surface area contributed by atoms with Gasteiger partial charge in [-0.25, -0.2) is 9.07 Å². The first kappa shape index (κ1) is 20.2. The summed E-state index contributed by atoms with van der Waals surface area (Å²) in [7, 11) is 0. The molecule has 1 aromatic heterocycles. The van der Waals surface area contributed by atoms with E-state index in [4.69, 9.17) is 0 Å². The molecule has 0 radical (unpaired) electrons. The van der Waals surface area contributed by atoms with E-state index in [9.17, 15) is 14.0 Å². The zero-order valence-electron chi connectivity index (χ0n) is 16.7. The van der Waals surface area contributed by atoms with Crippen LogP contribution in [0.5, 0.6) is 0 Å². The molecule has 0 atom stereocenters. The number of aromatic nitrogens is 3. The summed E-state index contributed by atoms with van der Waals surface area (Å²) in [5.41, 5.74) is 4.31. The topological polar surface area (TPSA) is 88.9 Å². The van der Waals surface area contributed by atoms with Gasteiger partial charge in [-0.05, 0) is 62.6 Å². The van der Waals surface area contributed by atoms with Gasteiger partial charge in [-0.3, -0.25) is 9.59 Å². The van der Waals surface area contributed by atoms with Gasteiger partial charge in [0.15, 0.2) is 5.69 Å². The van der Waals surface area contributed by atoms with Gasteiger partial charge in [0.2, 0.25) is 5.91 Å². The highest BCUT2D eigenvalue weighted by molar-refractivity contribution is 6.04. The van der Waals surface area contributed by atoms with Gasteiger partial charge in [0.1, 0.15) is 12.4 Å². The Balaban J connectivity index is 1.71. The zero-order valence-corrected chi connectivity index (χ0v) is 16.7. The number of carbonyl (C=O) groups is 2. The summed E-state index contributed by atoms with van der Waals surface area (Å²) in [6.07, 6.45) is 0. The molecular weight excluding hydrogens is 373 g/mol. The van der Waals surface area contributed by atoms with Crippen LogP contribution in [0.15, 0.2) is 36.4 Å². The molecule has 2 amide bonds. The summed E-state index contributed by atoms with van der Waals surface area (Å²) in [6, 6.07) is 9.93. The second kappa shape index (κ2) is 8.22. The number of halogens is 1. The minimum Gasteiger partial charge on any atom is -0.324 e. The highest BCUT2D eigenvalue weighted by atomic mass is 19.1. The minimum absolute atomic E-state index is 0.0770. The summed E-state index contributed by atoms with van der Waals surface area (Å²) in [6.45, 7) is 7.18. The van der Waals surface area contributed by atoms with Crippen molar-refractivity contribution in [2.75, 3.05) is 10.6 Å². The maximum absolute atomic E-state index is 13.4. The first-order chi connectivity index (χ1) is 13.7. The monoisotopic (exact) mass is 395 g/mol. The van der Waals surface area contributed by atoms with Crippen molar-refractivity contribution in [3.8, 4) is 0 Å². The van der Waals surface area contributed by atoms with Gasteiger partial charge in [-0.2, -0.15) is 0 Å². The molecule has 0 saturated carbocycles. The van der Waals surface area contributed by atoms with E-state index in [0.29, 0.717) is 11.4 Å². The summed E-state index contributed by atoms with van der Waals surface area (Å²) < 4.78 is 14.8. The van der Waals surface area contributed by atoms with E-state index in [0.717, 1.165) is 22.4 Å². The van der Waals surface area contributed by atoms with Gasteiger partial charge >= 0.3 is 0 Å². The Morgan fingerprint density at radius 3 is 2.34 bits per heavy atom. The molecule has 29 heavy (non-hydrogen) atoms. The normalized spacial score (nSPS) is 10.7. The lowest BCUT2D eigenvalue weighted by Gasteiger charge is -2.10. The number of hydrogen-bond donors (Lipinski definition) is 2. The molecule has 0 bridgehead atoms.